The van der Waals surface area contributed by atoms with Gasteiger partial charge in [-0.2, -0.15) is 0 Å². The summed E-state index contributed by atoms with van der Waals surface area (Å²) in [7, 11) is 0. The zero-order chi connectivity index (χ0) is 12.0. The molecule has 0 spiro atoms. The zero-order valence-corrected chi connectivity index (χ0v) is 9.15. The molecule has 0 aromatic rings. The number of rotatable bonds is 6. The van der Waals surface area contributed by atoms with Crippen molar-refractivity contribution in [3.8, 4) is 0 Å². The topological polar surface area (TPSA) is 75.6 Å². The smallest absolute Gasteiger partial charge is 0.326 e. The van der Waals surface area contributed by atoms with Gasteiger partial charge in [0, 0.05) is 6.61 Å². The fourth-order valence-corrected chi connectivity index (χ4v) is 1.65. The van der Waals surface area contributed by atoms with E-state index in [1.165, 1.54) is 6.08 Å². The SMILES string of the molecule is C=CCC(NC(=O)CC1CCCO1)C(=O)O. The maximum absolute atomic E-state index is 11.5. The Hall–Kier alpha value is -1.36. The third-order valence-corrected chi connectivity index (χ3v) is 2.47. The lowest BCUT2D eigenvalue weighted by atomic mass is 10.1. The van der Waals surface area contributed by atoms with Crippen molar-refractivity contribution >= 4 is 11.9 Å². The van der Waals surface area contributed by atoms with Gasteiger partial charge >= 0.3 is 5.97 Å². The van der Waals surface area contributed by atoms with E-state index in [-0.39, 0.29) is 24.9 Å². The number of carbonyl (C=O) groups is 2. The Morgan fingerprint density at radius 3 is 2.88 bits per heavy atom. The van der Waals surface area contributed by atoms with Crippen LogP contribution in [0.25, 0.3) is 0 Å². The van der Waals surface area contributed by atoms with Crippen LogP contribution in [0.5, 0.6) is 0 Å². The molecule has 0 saturated carbocycles. The van der Waals surface area contributed by atoms with Crippen LogP contribution in [-0.2, 0) is 14.3 Å². The minimum Gasteiger partial charge on any atom is -0.480 e. The Bertz CT molecular complexity index is 271. The normalized spacial score (nSPS) is 21.4. The fourth-order valence-electron chi connectivity index (χ4n) is 1.65. The molecule has 90 valence electrons. The van der Waals surface area contributed by atoms with Crippen LogP contribution in [0, 0.1) is 0 Å². The third-order valence-electron chi connectivity index (χ3n) is 2.47. The highest BCUT2D eigenvalue weighted by atomic mass is 16.5. The Kier molecular flexibility index (Phi) is 4.98. The van der Waals surface area contributed by atoms with Crippen molar-refractivity contribution in [1.29, 1.82) is 0 Å². The van der Waals surface area contributed by atoms with Gasteiger partial charge in [-0.3, -0.25) is 4.79 Å². The molecular formula is C11H17NO4. The van der Waals surface area contributed by atoms with Crippen LogP contribution in [-0.4, -0.2) is 35.7 Å². The largest absolute Gasteiger partial charge is 0.480 e. The molecule has 0 radical (unpaired) electrons. The molecule has 0 bridgehead atoms. The maximum Gasteiger partial charge on any atom is 0.326 e. The molecule has 0 aromatic heterocycles. The predicted octanol–water partition coefficient (Wildman–Crippen LogP) is 0.701. The number of ether oxygens (including phenoxy) is 1. The molecule has 2 atom stereocenters. The molecule has 1 aliphatic rings. The van der Waals surface area contributed by atoms with Crippen molar-refractivity contribution in [3.05, 3.63) is 12.7 Å². The van der Waals surface area contributed by atoms with E-state index in [0.29, 0.717) is 6.61 Å². The first-order valence-electron chi connectivity index (χ1n) is 5.38. The highest BCUT2D eigenvalue weighted by Gasteiger charge is 2.23. The van der Waals surface area contributed by atoms with Crippen LogP contribution >= 0.6 is 0 Å². The van der Waals surface area contributed by atoms with Gasteiger partial charge in [0.25, 0.3) is 0 Å². The van der Waals surface area contributed by atoms with Crippen molar-refractivity contribution in [2.24, 2.45) is 0 Å². The summed E-state index contributed by atoms with van der Waals surface area (Å²) in [5.74, 6) is -1.32. The second-order valence-corrected chi connectivity index (χ2v) is 3.82. The van der Waals surface area contributed by atoms with Crippen LogP contribution in [0.1, 0.15) is 25.7 Å². The molecule has 1 rings (SSSR count). The third kappa shape index (κ3) is 4.02. The summed E-state index contributed by atoms with van der Waals surface area (Å²) in [6.45, 7) is 4.14. The van der Waals surface area contributed by atoms with E-state index in [1.807, 2.05) is 0 Å². The average molecular weight is 227 g/mol. The van der Waals surface area contributed by atoms with E-state index in [0.717, 1.165) is 12.8 Å². The van der Waals surface area contributed by atoms with Gasteiger partial charge in [-0.15, -0.1) is 6.58 Å². The number of carboxylic acids is 1. The Morgan fingerprint density at radius 1 is 1.62 bits per heavy atom. The lowest BCUT2D eigenvalue weighted by Crippen LogP contribution is -2.41. The summed E-state index contributed by atoms with van der Waals surface area (Å²) < 4.78 is 5.30. The second kappa shape index (κ2) is 6.27. The summed E-state index contributed by atoms with van der Waals surface area (Å²) >= 11 is 0. The summed E-state index contributed by atoms with van der Waals surface area (Å²) in [4.78, 5) is 22.3. The van der Waals surface area contributed by atoms with E-state index in [4.69, 9.17) is 9.84 Å². The van der Waals surface area contributed by atoms with E-state index < -0.39 is 12.0 Å². The van der Waals surface area contributed by atoms with Crippen molar-refractivity contribution in [2.75, 3.05) is 6.61 Å². The molecule has 1 fully saturated rings. The summed E-state index contributed by atoms with van der Waals surface area (Å²) in [6.07, 6.45) is 3.72. The first-order valence-corrected chi connectivity index (χ1v) is 5.38. The van der Waals surface area contributed by atoms with Gasteiger partial charge in [0.1, 0.15) is 6.04 Å². The Balaban J connectivity index is 2.35. The van der Waals surface area contributed by atoms with E-state index in [1.54, 1.807) is 0 Å². The molecule has 2 N–H and O–H groups in total. The number of hydrogen-bond acceptors (Lipinski definition) is 3. The van der Waals surface area contributed by atoms with Gasteiger partial charge < -0.3 is 15.2 Å². The number of carbonyl (C=O) groups excluding carboxylic acids is 1. The van der Waals surface area contributed by atoms with Crippen molar-refractivity contribution in [2.45, 2.75) is 37.8 Å². The van der Waals surface area contributed by atoms with Crippen LogP contribution in [0.4, 0.5) is 0 Å². The minimum absolute atomic E-state index is 0.0572. The monoisotopic (exact) mass is 227 g/mol. The average Bonchev–Trinajstić information content (AvgIpc) is 2.69. The fraction of sp³-hybridized carbons (Fsp3) is 0.636. The number of nitrogens with one attached hydrogen (secondary N) is 1. The maximum atomic E-state index is 11.5. The van der Waals surface area contributed by atoms with Gasteiger partial charge in [0.05, 0.1) is 12.5 Å². The molecule has 0 aromatic carbocycles. The molecule has 16 heavy (non-hydrogen) atoms. The van der Waals surface area contributed by atoms with E-state index >= 15 is 0 Å². The molecular weight excluding hydrogens is 210 g/mol. The highest BCUT2D eigenvalue weighted by Crippen LogP contribution is 2.15. The van der Waals surface area contributed by atoms with Crippen LogP contribution in [0.2, 0.25) is 0 Å². The second-order valence-electron chi connectivity index (χ2n) is 3.82. The van der Waals surface area contributed by atoms with Crippen LogP contribution in [0.3, 0.4) is 0 Å². The molecule has 0 aliphatic carbocycles. The quantitative estimate of drug-likeness (QED) is 0.655. The van der Waals surface area contributed by atoms with Gasteiger partial charge in [0.2, 0.25) is 5.91 Å². The first-order chi connectivity index (χ1) is 7.63. The number of amides is 1. The Labute approximate surface area is 94.5 Å². The zero-order valence-electron chi connectivity index (χ0n) is 9.15. The summed E-state index contributed by atoms with van der Waals surface area (Å²) in [6, 6.07) is -0.883. The number of aliphatic carboxylic acids is 1. The molecule has 2 unspecified atom stereocenters. The van der Waals surface area contributed by atoms with Gasteiger partial charge in [-0.25, -0.2) is 4.79 Å². The number of carboxylic acid groups (broad SMARTS) is 1. The van der Waals surface area contributed by atoms with Crippen molar-refractivity contribution in [1.82, 2.24) is 5.32 Å². The molecule has 1 saturated heterocycles. The lowest BCUT2D eigenvalue weighted by Gasteiger charge is -2.14. The molecule has 5 heteroatoms. The predicted molar refractivity (Wildman–Crippen MR) is 58.0 cm³/mol. The van der Waals surface area contributed by atoms with E-state index in [9.17, 15) is 9.59 Å². The van der Waals surface area contributed by atoms with Gasteiger partial charge in [0.15, 0.2) is 0 Å². The highest BCUT2D eigenvalue weighted by molar-refractivity contribution is 5.83. The Morgan fingerprint density at radius 2 is 2.38 bits per heavy atom. The molecule has 1 aliphatic heterocycles. The standard InChI is InChI=1S/C11H17NO4/c1-2-4-9(11(14)15)12-10(13)7-8-5-3-6-16-8/h2,8-9H,1,3-7H2,(H,12,13)(H,14,15). The van der Waals surface area contributed by atoms with Crippen molar-refractivity contribution < 1.29 is 19.4 Å². The summed E-state index contributed by atoms with van der Waals surface area (Å²) in [5.41, 5.74) is 0. The lowest BCUT2D eigenvalue weighted by molar-refractivity contribution is -0.142. The van der Waals surface area contributed by atoms with Crippen LogP contribution in [0.15, 0.2) is 12.7 Å². The first kappa shape index (κ1) is 12.7. The minimum atomic E-state index is -1.04. The van der Waals surface area contributed by atoms with Gasteiger partial charge in [-0.05, 0) is 19.3 Å². The molecule has 1 heterocycles. The number of hydrogen-bond donors (Lipinski definition) is 2. The van der Waals surface area contributed by atoms with Crippen molar-refractivity contribution in [3.63, 3.8) is 0 Å². The molecule has 1 amide bonds. The van der Waals surface area contributed by atoms with E-state index in [2.05, 4.69) is 11.9 Å². The molecule has 5 nitrogen and oxygen atoms in total. The van der Waals surface area contributed by atoms with Gasteiger partial charge in [-0.1, -0.05) is 6.08 Å². The van der Waals surface area contributed by atoms with Crippen LogP contribution < -0.4 is 5.32 Å². The summed E-state index contributed by atoms with van der Waals surface area (Å²) in [5, 5.41) is 11.3.